The molecule has 1 fully saturated rings. The van der Waals surface area contributed by atoms with Gasteiger partial charge in [0.2, 0.25) is 5.95 Å². The van der Waals surface area contributed by atoms with E-state index in [0.29, 0.717) is 18.1 Å². The number of hydrogen-bond donors (Lipinski definition) is 1. The first-order valence-corrected chi connectivity index (χ1v) is 10.7. The van der Waals surface area contributed by atoms with E-state index in [2.05, 4.69) is 31.2 Å². The molecule has 1 aromatic carbocycles. The van der Waals surface area contributed by atoms with Crippen molar-refractivity contribution in [2.24, 2.45) is 0 Å². The fourth-order valence-corrected chi connectivity index (χ4v) is 3.31. The van der Waals surface area contributed by atoms with Crippen molar-refractivity contribution in [3.05, 3.63) is 52.3 Å². The van der Waals surface area contributed by atoms with Gasteiger partial charge in [-0.1, -0.05) is 12.1 Å². The summed E-state index contributed by atoms with van der Waals surface area (Å²) >= 11 is 3.28. The molecule has 1 aromatic heterocycles. The number of carbonyl (C=O) groups is 1. The van der Waals surface area contributed by atoms with Gasteiger partial charge in [0.1, 0.15) is 5.60 Å². The molecular formula is C21H24BrF3N4O3. The Labute approximate surface area is 192 Å². The predicted octanol–water partition coefficient (Wildman–Crippen LogP) is 4.87. The molecule has 0 saturated carbocycles. The molecular weight excluding hydrogens is 493 g/mol. The number of nitrogens with one attached hydrogen (secondary N) is 1. The Morgan fingerprint density at radius 2 is 1.78 bits per heavy atom. The molecule has 1 aliphatic rings. The summed E-state index contributed by atoms with van der Waals surface area (Å²) in [7, 11) is 0. The number of alkyl halides is 3. The zero-order valence-corrected chi connectivity index (χ0v) is 19.4. The lowest BCUT2D eigenvalue weighted by Crippen LogP contribution is -2.36. The van der Waals surface area contributed by atoms with Gasteiger partial charge < -0.3 is 19.7 Å². The molecule has 1 amide bonds. The second-order valence-corrected chi connectivity index (χ2v) is 9.32. The molecule has 32 heavy (non-hydrogen) atoms. The van der Waals surface area contributed by atoms with Crippen LogP contribution in [-0.2, 0) is 22.3 Å². The molecule has 0 bridgehead atoms. The van der Waals surface area contributed by atoms with E-state index in [0.717, 1.165) is 16.6 Å². The number of benzene rings is 1. The quantitative estimate of drug-likeness (QED) is 0.610. The highest BCUT2D eigenvalue weighted by molar-refractivity contribution is 9.10. The normalized spacial score (nSPS) is 19.2. The van der Waals surface area contributed by atoms with Gasteiger partial charge in [0.15, 0.2) is 0 Å². The van der Waals surface area contributed by atoms with Crippen LogP contribution in [-0.4, -0.2) is 51.8 Å². The molecule has 1 N–H and O–H groups in total. The summed E-state index contributed by atoms with van der Waals surface area (Å²) in [5.74, 6) is 0.368. The fraction of sp³-hybridized carbons (Fsp3) is 0.476. The van der Waals surface area contributed by atoms with Crippen molar-refractivity contribution >= 4 is 28.0 Å². The van der Waals surface area contributed by atoms with Crippen LogP contribution in [0.4, 0.5) is 23.9 Å². The highest BCUT2D eigenvalue weighted by Crippen LogP contribution is 2.29. The maximum Gasteiger partial charge on any atom is 0.416 e. The number of halogens is 4. The molecule has 2 atom stereocenters. The van der Waals surface area contributed by atoms with Gasteiger partial charge in [-0.15, -0.1) is 0 Å². The van der Waals surface area contributed by atoms with Crippen molar-refractivity contribution < 1.29 is 27.4 Å². The Morgan fingerprint density at radius 3 is 2.34 bits per heavy atom. The second kappa shape index (κ2) is 9.62. The number of ether oxygens (including phenoxy) is 2. The lowest BCUT2D eigenvalue weighted by molar-refractivity contribution is -0.137. The number of amides is 1. The molecule has 1 aliphatic heterocycles. The van der Waals surface area contributed by atoms with Gasteiger partial charge in [0.05, 0.1) is 35.3 Å². The van der Waals surface area contributed by atoms with E-state index >= 15 is 0 Å². The van der Waals surface area contributed by atoms with Crippen LogP contribution in [0.1, 0.15) is 31.9 Å². The van der Waals surface area contributed by atoms with Crippen LogP contribution >= 0.6 is 15.9 Å². The number of carbonyl (C=O) groups excluding carboxylic acids is 1. The molecule has 3 rings (SSSR count). The van der Waals surface area contributed by atoms with Crippen LogP contribution in [0.2, 0.25) is 0 Å². The molecule has 7 nitrogen and oxygen atoms in total. The smallest absolute Gasteiger partial charge is 0.416 e. The SMILES string of the molecule is CC(C)(C)OC(=O)N1CC(Nc2ncc(Br)cn2)C(OCc2ccc(C(F)(F)F)cc2)C1. The monoisotopic (exact) mass is 516 g/mol. The van der Waals surface area contributed by atoms with E-state index in [4.69, 9.17) is 9.47 Å². The minimum atomic E-state index is -4.39. The first kappa shape index (κ1) is 24.2. The van der Waals surface area contributed by atoms with Crippen molar-refractivity contribution in [1.29, 1.82) is 0 Å². The molecule has 2 unspecified atom stereocenters. The maximum atomic E-state index is 12.8. The van der Waals surface area contributed by atoms with Crippen molar-refractivity contribution in [3.8, 4) is 0 Å². The number of rotatable bonds is 5. The molecule has 0 radical (unpaired) electrons. The van der Waals surface area contributed by atoms with Gasteiger partial charge in [-0.05, 0) is 54.4 Å². The molecule has 0 aliphatic carbocycles. The summed E-state index contributed by atoms with van der Waals surface area (Å²) < 4.78 is 50.4. The molecule has 2 aromatic rings. The summed E-state index contributed by atoms with van der Waals surface area (Å²) in [6.45, 7) is 5.99. The van der Waals surface area contributed by atoms with Crippen molar-refractivity contribution in [1.82, 2.24) is 14.9 Å². The van der Waals surface area contributed by atoms with Crippen molar-refractivity contribution in [2.45, 2.75) is 51.3 Å². The molecule has 174 valence electrons. The first-order valence-electron chi connectivity index (χ1n) is 9.90. The zero-order valence-electron chi connectivity index (χ0n) is 17.8. The Hall–Kier alpha value is -2.40. The third kappa shape index (κ3) is 6.80. The predicted molar refractivity (Wildman–Crippen MR) is 115 cm³/mol. The fourth-order valence-electron chi connectivity index (χ4n) is 3.10. The van der Waals surface area contributed by atoms with Gasteiger partial charge >= 0.3 is 12.3 Å². The number of hydrogen-bond acceptors (Lipinski definition) is 6. The highest BCUT2D eigenvalue weighted by atomic mass is 79.9. The molecule has 11 heteroatoms. The number of likely N-dealkylation sites (tertiary alicyclic amines) is 1. The van der Waals surface area contributed by atoms with Gasteiger partial charge in [0, 0.05) is 18.9 Å². The van der Waals surface area contributed by atoms with Gasteiger partial charge in [-0.2, -0.15) is 13.2 Å². The van der Waals surface area contributed by atoms with Crippen LogP contribution in [0.5, 0.6) is 0 Å². The van der Waals surface area contributed by atoms with Gasteiger partial charge in [-0.25, -0.2) is 14.8 Å². The van der Waals surface area contributed by atoms with E-state index in [9.17, 15) is 18.0 Å². The van der Waals surface area contributed by atoms with Crippen LogP contribution in [0.25, 0.3) is 0 Å². The largest absolute Gasteiger partial charge is 0.444 e. The minimum Gasteiger partial charge on any atom is -0.444 e. The third-order valence-electron chi connectivity index (χ3n) is 4.60. The molecule has 2 heterocycles. The maximum absolute atomic E-state index is 12.8. The molecule has 1 saturated heterocycles. The average Bonchev–Trinajstić information content (AvgIpc) is 3.09. The Balaban J connectivity index is 1.69. The molecule has 0 spiro atoms. The average molecular weight is 517 g/mol. The highest BCUT2D eigenvalue weighted by Gasteiger charge is 2.38. The van der Waals surface area contributed by atoms with Crippen molar-refractivity contribution in [2.75, 3.05) is 18.4 Å². The van der Waals surface area contributed by atoms with Gasteiger partial charge in [-0.3, -0.25) is 0 Å². The van der Waals surface area contributed by atoms with Crippen LogP contribution < -0.4 is 5.32 Å². The van der Waals surface area contributed by atoms with Crippen LogP contribution in [0.15, 0.2) is 41.1 Å². The summed E-state index contributed by atoms with van der Waals surface area (Å²) in [6, 6.07) is 4.46. The topological polar surface area (TPSA) is 76.6 Å². The standard InChI is InChI=1S/C21H24BrF3N4O3/c1-20(2,3)32-19(30)29-10-16(28-18-26-8-15(22)9-27-18)17(11-29)31-12-13-4-6-14(7-5-13)21(23,24)25/h4-9,16-17H,10-12H2,1-3H3,(H,26,27,28). The van der Waals surface area contributed by atoms with E-state index in [1.807, 2.05) is 0 Å². The first-order chi connectivity index (χ1) is 14.9. The second-order valence-electron chi connectivity index (χ2n) is 8.41. The van der Waals surface area contributed by atoms with Crippen molar-refractivity contribution in [3.63, 3.8) is 0 Å². The van der Waals surface area contributed by atoms with E-state index < -0.39 is 29.5 Å². The zero-order chi connectivity index (χ0) is 23.5. The third-order valence-corrected chi connectivity index (χ3v) is 5.01. The van der Waals surface area contributed by atoms with E-state index in [1.54, 1.807) is 33.2 Å². The lowest BCUT2D eigenvalue weighted by Gasteiger charge is -2.24. The Morgan fingerprint density at radius 1 is 1.16 bits per heavy atom. The van der Waals surface area contributed by atoms with Crippen LogP contribution in [0.3, 0.4) is 0 Å². The summed E-state index contributed by atoms with van der Waals surface area (Å²) in [4.78, 5) is 22.4. The minimum absolute atomic E-state index is 0.0876. The Kier molecular flexibility index (Phi) is 7.29. The summed E-state index contributed by atoms with van der Waals surface area (Å²) in [6.07, 6.45) is -2.13. The lowest BCUT2D eigenvalue weighted by atomic mass is 10.1. The van der Waals surface area contributed by atoms with Crippen LogP contribution in [0, 0.1) is 0 Å². The van der Waals surface area contributed by atoms with E-state index in [1.165, 1.54) is 17.0 Å². The summed E-state index contributed by atoms with van der Waals surface area (Å²) in [5.41, 5.74) is -0.772. The summed E-state index contributed by atoms with van der Waals surface area (Å²) in [5, 5.41) is 3.16. The number of anilines is 1. The van der Waals surface area contributed by atoms with E-state index in [-0.39, 0.29) is 19.2 Å². The number of nitrogens with zero attached hydrogens (tertiary/aromatic N) is 3. The number of aromatic nitrogens is 2. The Bertz CT molecular complexity index is 918. The van der Waals surface area contributed by atoms with Gasteiger partial charge in [0.25, 0.3) is 0 Å².